The van der Waals surface area contributed by atoms with Crippen LogP contribution in [0.5, 0.6) is 0 Å². The number of ether oxygens (including phenoxy) is 2. The van der Waals surface area contributed by atoms with E-state index in [-0.39, 0.29) is 69.2 Å². The zero-order valence-electron chi connectivity index (χ0n) is 28.6. The van der Waals surface area contributed by atoms with E-state index >= 15 is 0 Å². The Bertz CT molecular complexity index is 1190. The second kappa shape index (κ2) is 10.6. The summed E-state index contributed by atoms with van der Waals surface area (Å²) in [5.41, 5.74) is 0.225. The lowest BCUT2D eigenvalue weighted by Gasteiger charge is -2.73. The number of rotatable bonds is 4. The molecule has 0 aliphatic heterocycles. The Morgan fingerprint density at radius 1 is 0.814 bits per heavy atom. The van der Waals surface area contributed by atoms with Crippen LogP contribution in [0.15, 0.2) is 5.16 Å². The number of carbonyl (C=O) groups is 3. The van der Waals surface area contributed by atoms with Crippen molar-refractivity contribution in [3.05, 3.63) is 0 Å². The molecular weight excluding hydrogens is 542 g/mol. The normalized spacial score (nSPS) is 45.4. The minimum absolute atomic E-state index is 0.00669. The van der Waals surface area contributed by atoms with Gasteiger partial charge >= 0.3 is 17.9 Å². The predicted molar refractivity (Wildman–Crippen MR) is 166 cm³/mol. The summed E-state index contributed by atoms with van der Waals surface area (Å²) in [7, 11) is 3.04. The molecule has 7 heteroatoms. The molecular formula is C36H57NO6. The first-order valence-corrected chi connectivity index (χ1v) is 16.9. The largest absolute Gasteiger partial charge is 0.469 e. The summed E-state index contributed by atoms with van der Waals surface area (Å²) in [6.07, 6.45) is 9.46. The van der Waals surface area contributed by atoms with Crippen molar-refractivity contribution in [2.75, 3.05) is 14.2 Å². The molecule has 0 aromatic rings. The van der Waals surface area contributed by atoms with Gasteiger partial charge < -0.3 is 14.3 Å². The Morgan fingerprint density at radius 3 is 2.12 bits per heavy atom. The van der Waals surface area contributed by atoms with E-state index in [4.69, 9.17) is 19.5 Å². The van der Waals surface area contributed by atoms with Gasteiger partial charge in [0.1, 0.15) is 0 Å². The highest BCUT2D eigenvalue weighted by Gasteiger charge is 2.73. The lowest BCUT2D eigenvalue weighted by Crippen LogP contribution is -2.69. The summed E-state index contributed by atoms with van der Waals surface area (Å²) in [6, 6.07) is 0. The van der Waals surface area contributed by atoms with Crippen molar-refractivity contribution in [1.29, 1.82) is 0 Å². The summed E-state index contributed by atoms with van der Waals surface area (Å²) < 4.78 is 10.9. The maximum atomic E-state index is 13.7. The van der Waals surface area contributed by atoms with E-state index in [9.17, 15) is 14.4 Å². The number of carbonyl (C=O) groups excluding carboxylic acids is 3. The predicted octanol–water partition coefficient (Wildman–Crippen LogP) is 7.75. The molecule has 0 amide bonds. The summed E-state index contributed by atoms with van der Waals surface area (Å²) in [5.74, 6) is 0.198. The van der Waals surface area contributed by atoms with Crippen LogP contribution in [-0.2, 0) is 28.7 Å². The van der Waals surface area contributed by atoms with Gasteiger partial charge in [-0.25, -0.2) is 4.79 Å². The van der Waals surface area contributed by atoms with E-state index in [1.165, 1.54) is 14.2 Å². The zero-order valence-corrected chi connectivity index (χ0v) is 28.6. The summed E-state index contributed by atoms with van der Waals surface area (Å²) >= 11 is 0. The molecule has 5 rings (SSSR count). The molecule has 5 saturated carbocycles. The van der Waals surface area contributed by atoms with Crippen molar-refractivity contribution in [3.8, 4) is 0 Å². The average molecular weight is 600 g/mol. The van der Waals surface area contributed by atoms with Crippen molar-refractivity contribution in [2.45, 2.75) is 126 Å². The van der Waals surface area contributed by atoms with Crippen LogP contribution in [0, 0.1) is 62.1 Å². The topological polar surface area (TPSA) is 91.3 Å². The number of nitrogens with zero attached hydrogens (tertiary/aromatic N) is 1. The molecule has 0 spiro atoms. The monoisotopic (exact) mass is 599 g/mol. The highest BCUT2D eigenvalue weighted by atomic mass is 16.7. The van der Waals surface area contributed by atoms with E-state index in [1.54, 1.807) is 6.92 Å². The molecule has 9 atom stereocenters. The molecule has 0 radical (unpaired) electrons. The highest BCUT2D eigenvalue weighted by molar-refractivity contribution is 5.91. The second-order valence-corrected chi connectivity index (χ2v) is 17.1. The Labute approximate surface area is 259 Å². The minimum Gasteiger partial charge on any atom is -0.469 e. The maximum Gasteiger partial charge on any atom is 0.334 e. The first-order valence-electron chi connectivity index (χ1n) is 16.9. The number of fused-ring (bicyclic) bond motifs is 7. The zero-order chi connectivity index (χ0) is 31.8. The van der Waals surface area contributed by atoms with Crippen molar-refractivity contribution >= 4 is 23.6 Å². The molecule has 5 fully saturated rings. The third-order valence-electron chi connectivity index (χ3n) is 14.7. The highest BCUT2D eigenvalue weighted by Crippen LogP contribution is 2.77. The fraction of sp³-hybridized carbons (Fsp3) is 0.889. The Hall–Kier alpha value is -1.92. The van der Waals surface area contributed by atoms with Crippen molar-refractivity contribution < 1.29 is 28.7 Å². The number of hydrogen-bond donors (Lipinski definition) is 0. The molecule has 0 saturated heterocycles. The first kappa shape index (κ1) is 32.5. The number of hydrogen-bond acceptors (Lipinski definition) is 7. The fourth-order valence-corrected chi connectivity index (χ4v) is 12.1. The van der Waals surface area contributed by atoms with E-state index in [0.29, 0.717) is 11.8 Å². The quantitative estimate of drug-likeness (QED) is 0.186. The van der Waals surface area contributed by atoms with Crippen LogP contribution in [0.1, 0.15) is 126 Å². The van der Waals surface area contributed by atoms with Crippen LogP contribution < -0.4 is 0 Å². The fourth-order valence-electron chi connectivity index (χ4n) is 12.1. The molecule has 242 valence electrons. The van der Waals surface area contributed by atoms with E-state index in [0.717, 1.165) is 69.9 Å². The molecule has 4 unspecified atom stereocenters. The number of methoxy groups -OCH3 is 2. The lowest BCUT2D eigenvalue weighted by molar-refractivity contribution is -0.228. The molecule has 5 aliphatic carbocycles. The summed E-state index contributed by atoms with van der Waals surface area (Å²) in [6.45, 7) is 18.5. The summed E-state index contributed by atoms with van der Waals surface area (Å²) in [5, 5.41) is 4.76. The van der Waals surface area contributed by atoms with Gasteiger partial charge in [0.15, 0.2) is 0 Å². The van der Waals surface area contributed by atoms with Gasteiger partial charge in [0.2, 0.25) is 0 Å². The molecule has 7 nitrogen and oxygen atoms in total. The molecule has 5 aliphatic rings. The Balaban J connectivity index is 1.65. The van der Waals surface area contributed by atoms with Gasteiger partial charge in [-0.05, 0) is 109 Å². The molecule has 0 N–H and O–H groups in total. The van der Waals surface area contributed by atoms with Crippen molar-refractivity contribution in [1.82, 2.24) is 0 Å². The van der Waals surface area contributed by atoms with Crippen LogP contribution in [0.2, 0.25) is 0 Å². The van der Waals surface area contributed by atoms with Gasteiger partial charge in [-0.1, -0.05) is 60.5 Å². The molecule has 0 bridgehead atoms. The van der Waals surface area contributed by atoms with E-state index in [1.807, 2.05) is 0 Å². The Morgan fingerprint density at radius 2 is 1.49 bits per heavy atom. The first-order chi connectivity index (χ1) is 20.0. The van der Waals surface area contributed by atoms with Gasteiger partial charge in [0, 0.05) is 12.3 Å². The van der Waals surface area contributed by atoms with Crippen LogP contribution in [0.25, 0.3) is 0 Å². The molecule has 0 heterocycles. The average Bonchev–Trinajstić information content (AvgIpc) is 2.95. The smallest absolute Gasteiger partial charge is 0.334 e. The van der Waals surface area contributed by atoms with Crippen molar-refractivity contribution in [2.24, 2.45) is 67.2 Å². The second-order valence-electron chi connectivity index (χ2n) is 17.1. The van der Waals surface area contributed by atoms with Gasteiger partial charge in [0.05, 0.1) is 31.3 Å². The minimum atomic E-state index is -0.533. The van der Waals surface area contributed by atoms with Crippen LogP contribution in [0.3, 0.4) is 0 Å². The molecule has 0 aromatic heterocycles. The van der Waals surface area contributed by atoms with Crippen molar-refractivity contribution in [3.63, 3.8) is 0 Å². The number of oxime groups is 1. The van der Waals surface area contributed by atoms with Gasteiger partial charge in [-0.15, -0.1) is 0 Å². The summed E-state index contributed by atoms with van der Waals surface area (Å²) in [4.78, 5) is 44.8. The van der Waals surface area contributed by atoms with Crippen LogP contribution in [-0.4, -0.2) is 37.8 Å². The lowest BCUT2D eigenvalue weighted by atomic mass is 9.31. The SMILES string of the molecule is CCC(=O)O/N=C1\CC2[C@@]3(C)CC[C@H](C(=O)OC)C(C)(C)C3CC[C@@]2(C)[C@]2(C)CC[C@@]3(C(=O)OC)CCC(C)(C)CC3C12. The van der Waals surface area contributed by atoms with Gasteiger partial charge in [0.25, 0.3) is 0 Å². The van der Waals surface area contributed by atoms with Crippen LogP contribution >= 0.6 is 0 Å². The number of esters is 2. The molecule has 43 heavy (non-hydrogen) atoms. The van der Waals surface area contributed by atoms with E-state index in [2.05, 4.69) is 48.5 Å². The van der Waals surface area contributed by atoms with Gasteiger partial charge in [-0.3, -0.25) is 9.59 Å². The Kier molecular flexibility index (Phi) is 7.99. The third-order valence-corrected chi connectivity index (χ3v) is 14.7. The third kappa shape index (κ3) is 4.55. The molecule has 0 aromatic carbocycles. The van der Waals surface area contributed by atoms with Gasteiger partial charge in [-0.2, -0.15) is 0 Å². The van der Waals surface area contributed by atoms with Crippen LogP contribution in [0.4, 0.5) is 0 Å². The standard InChI is InChI=1S/C36H57NO6/c1-11-27(38)43-37-24-20-26-33(6)14-12-22(29(39)41-9)32(4,5)25(33)13-15-34(26,7)35(8)17-19-36(30(40)42-10)18-16-31(2,3)21-23(36)28(24)35/h22-23,25-26,28H,11-21H2,1-10H3/b37-24+/t22-,23?,25?,26?,28?,33+,34-,35-,36+/m1/s1. The maximum absolute atomic E-state index is 13.7. The van der Waals surface area contributed by atoms with E-state index < -0.39 is 5.41 Å².